The molecule has 0 heterocycles. The Morgan fingerprint density at radius 2 is 0.929 bits per heavy atom. The predicted octanol–water partition coefficient (Wildman–Crippen LogP) is -9.28. The van der Waals surface area contributed by atoms with E-state index >= 15 is 0 Å². The first-order chi connectivity index (χ1) is 5.07. The zero-order valence-electron chi connectivity index (χ0n) is 7.32. The third-order valence-electron chi connectivity index (χ3n) is 0.835. The monoisotopic (exact) mass is 266 g/mol. The Bertz CT molecular complexity index is 308. The van der Waals surface area contributed by atoms with Gasteiger partial charge in [0.25, 0.3) is 0 Å². The SMILES string of the molecule is O=S(=O)([O-])C(O)C(O)S(=O)(=O)[O-].[Na+].[Na+]. The Labute approximate surface area is 125 Å². The summed E-state index contributed by atoms with van der Waals surface area (Å²) in [6, 6.07) is 0. The molecule has 0 aliphatic carbocycles. The number of rotatable bonds is 3. The van der Waals surface area contributed by atoms with Crippen LogP contribution in [-0.2, 0) is 20.2 Å². The van der Waals surface area contributed by atoms with Crippen LogP contribution in [0.5, 0.6) is 0 Å². The fourth-order valence-corrected chi connectivity index (χ4v) is 1.67. The summed E-state index contributed by atoms with van der Waals surface area (Å²) in [7, 11) is -10.8. The minimum atomic E-state index is -5.41. The Morgan fingerprint density at radius 1 is 0.786 bits per heavy atom. The van der Waals surface area contributed by atoms with Crippen molar-refractivity contribution in [1.29, 1.82) is 0 Å². The second-order valence-electron chi connectivity index (χ2n) is 1.77. The van der Waals surface area contributed by atoms with E-state index in [1.165, 1.54) is 0 Å². The van der Waals surface area contributed by atoms with E-state index < -0.39 is 31.1 Å². The zero-order chi connectivity index (χ0) is 10.2. The van der Waals surface area contributed by atoms with Gasteiger partial charge in [0, 0.05) is 0 Å². The van der Waals surface area contributed by atoms with E-state index in [0.29, 0.717) is 0 Å². The summed E-state index contributed by atoms with van der Waals surface area (Å²) in [6.45, 7) is 0. The molecule has 0 aromatic carbocycles. The quantitative estimate of drug-likeness (QED) is 0.377. The normalized spacial score (nSPS) is 16.0. The van der Waals surface area contributed by atoms with Crippen molar-refractivity contribution in [3.63, 3.8) is 0 Å². The molecule has 0 saturated heterocycles. The van der Waals surface area contributed by atoms with Gasteiger partial charge in [-0.2, -0.15) is 0 Å². The van der Waals surface area contributed by atoms with Gasteiger partial charge in [0.2, 0.25) is 0 Å². The molecule has 0 rings (SSSR count). The van der Waals surface area contributed by atoms with Crippen LogP contribution in [0.4, 0.5) is 0 Å². The van der Waals surface area contributed by atoms with Gasteiger partial charge >= 0.3 is 59.1 Å². The Hall–Kier alpha value is 1.74. The maximum atomic E-state index is 9.85. The molecule has 0 radical (unpaired) electrons. The number of hydrogen-bond acceptors (Lipinski definition) is 8. The molecule has 14 heavy (non-hydrogen) atoms. The summed E-state index contributed by atoms with van der Waals surface area (Å²) < 4.78 is 59.1. The molecule has 74 valence electrons. The van der Waals surface area contributed by atoms with Gasteiger partial charge in [0.15, 0.2) is 10.9 Å². The Morgan fingerprint density at radius 3 is 1.00 bits per heavy atom. The molecular formula is C2H4Na2O8S2. The molecule has 8 nitrogen and oxygen atoms in total. The maximum absolute atomic E-state index is 9.85. The van der Waals surface area contributed by atoms with Crippen molar-refractivity contribution < 1.29 is 95.3 Å². The largest absolute Gasteiger partial charge is 1.00 e. The van der Waals surface area contributed by atoms with Crippen LogP contribution in [0.25, 0.3) is 0 Å². The molecule has 12 heteroatoms. The van der Waals surface area contributed by atoms with Crippen molar-refractivity contribution in [2.45, 2.75) is 10.9 Å². The molecular weight excluding hydrogens is 262 g/mol. The number of aliphatic hydroxyl groups excluding tert-OH is 2. The molecule has 0 aliphatic rings. The molecule has 0 fully saturated rings. The first-order valence-corrected chi connectivity index (χ1v) is 5.26. The molecule has 2 atom stereocenters. The van der Waals surface area contributed by atoms with Gasteiger partial charge in [-0.1, -0.05) is 0 Å². The molecule has 0 aromatic rings. The third kappa shape index (κ3) is 7.09. The Balaban J connectivity index is -0.000000605. The maximum Gasteiger partial charge on any atom is 1.00 e. The van der Waals surface area contributed by atoms with Crippen molar-refractivity contribution in [3.8, 4) is 0 Å². The van der Waals surface area contributed by atoms with E-state index in [4.69, 9.17) is 10.2 Å². The first kappa shape index (κ1) is 21.1. The van der Waals surface area contributed by atoms with Gasteiger partial charge in [0.1, 0.15) is 20.2 Å². The predicted molar refractivity (Wildman–Crippen MR) is 31.4 cm³/mol. The van der Waals surface area contributed by atoms with Crippen molar-refractivity contribution in [2.75, 3.05) is 0 Å². The third-order valence-corrected chi connectivity index (χ3v) is 2.71. The number of hydrogen-bond donors (Lipinski definition) is 2. The first-order valence-electron chi connectivity index (χ1n) is 2.32. The Kier molecular flexibility index (Phi) is 10.7. The van der Waals surface area contributed by atoms with Crippen LogP contribution in [0, 0.1) is 0 Å². The minimum absolute atomic E-state index is 0. The van der Waals surface area contributed by atoms with Gasteiger partial charge in [-0.15, -0.1) is 0 Å². The van der Waals surface area contributed by atoms with Crippen molar-refractivity contribution >= 4 is 20.2 Å². The summed E-state index contributed by atoms with van der Waals surface area (Å²) in [5, 5.41) is 16.5. The summed E-state index contributed by atoms with van der Waals surface area (Å²) in [5.41, 5.74) is -6.31. The number of aliphatic hydroxyl groups is 2. The van der Waals surface area contributed by atoms with E-state index in [-0.39, 0.29) is 59.1 Å². The van der Waals surface area contributed by atoms with E-state index in [1.54, 1.807) is 0 Å². The topological polar surface area (TPSA) is 155 Å². The van der Waals surface area contributed by atoms with Crippen molar-refractivity contribution in [2.24, 2.45) is 0 Å². The van der Waals surface area contributed by atoms with Crippen molar-refractivity contribution in [3.05, 3.63) is 0 Å². The van der Waals surface area contributed by atoms with Crippen LogP contribution >= 0.6 is 0 Å². The van der Waals surface area contributed by atoms with Crippen LogP contribution in [0.2, 0.25) is 0 Å². The van der Waals surface area contributed by atoms with Gasteiger partial charge < -0.3 is 19.3 Å². The summed E-state index contributed by atoms with van der Waals surface area (Å²) >= 11 is 0. The molecule has 0 bridgehead atoms. The van der Waals surface area contributed by atoms with Crippen LogP contribution in [0.15, 0.2) is 0 Å². The molecule has 2 unspecified atom stereocenters. The second-order valence-corrected chi connectivity index (χ2v) is 4.70. The summed E-state index contributed by atoms with van der Waals surface area (Å²) in [6.07, 6.45) is 0. The zero-order valence-corrected chi connectivity index (χ0v) is 12.9. The fraction of sp³-hybridized carbons (Fsp3) is 1.00. The van der Waals surface area contributed by atoms with E-state index in [0.717, 1.165) is 0 Å². The van der Waals surface area contributed by atoms with E-state index in [9.17, 15) is 25.9 Å². The summed E-state index contributed by atoms with van der Waals surface area (Å²) in [4.78, 5) is 0. The van der Waals surface area contributed by atoms with Crippen LogP contribution in [0.3, 0.4) is 0 Å². The van der Waals surface area contributed by atoms with Gasteiger partial charge in [-0.25, -0.2) is 16.8 Å². The minimum Gasteiger partial charge on any atom is -0.746 e. The summed E-state index contributed by atoms with van der Waals surface area (Å²) in [5.74, 6) is 0. The van der Waals surface area contributed by atoms with Gasteiger partial charge in [0.05, 0.1) is 0 Å². The second kappa shape index (κ2) is 7.14. The average molecular weight is 266 g/mol. The van der Waals surface area contributed by atoms with Gasteiger partial charge in [-0.05, 0) is 0 Å². The molecule has 0 spiro atoms. The van der Waals surface area contributed by atoms with E-state index in [2.05, 4.69) is 0 Å². The molecule has 0 aromatic heterocycles. The van der Waals surface area contributed by atoms with Crippen LogP contribution in [0.1, 0.15) is 0 Å². The van der Waals surface area contributed by atoms with Crippen LogP contribution < -0.4 is 59.1 Å². The van der Waals surface area contributed by atoms with Crippen molar-refractivity contribution in [1.82, 2.24) is 0 Å². The molecule has 0 saturated carbocycles. The molecule has 2 N–H and O–H groups in total. The van der Waals surface area contributed by atoms with E-state index in [1.807, 2.05) is 0 Å². The van der Waals surface area contributed by atoms with Gasteiger partial charge in [-0.3, -0.25) is 0 Å². The average Bonchev–Trinajstić information content (AvgIpc) is 1.80. The smallest absolute Gasteiger partial charge is 0.746 e. The molecule has 0 aliphatic heterocycles. The van der Waals surface area contributed by atoms with Crippen LogP contribution in [-0.4, -0.2) is 47.0 Å². The molecule has 0 amide bonds. The standard InChI is InChI=1S/C2H6O8S2.2Na/c3-1(11(5,6)7)2(4)12(8,9)10;;/h1-4H,(H,5,6,7)(H,8,9,10);;/q;2*+1/p-2. The fourth-order valence-electron chi connectivity index (χ4n) is 0.285.